The predicted octanol–water partition coefficient (Wildman–Crippen LogP) is 2.20. The van der Waals surface area contributed by atoms with E-state index < -0.39 is 0 Å². The Morgan fingerprint density at radius 2 is 2.44 bits per heavy atom. The summed E-state index contributed by atoms with van der Waals surface area (Å²) in [7, 11) is 0. The van der Waals surface area contributed by atoms with Crippen LogP contribution in [0, 0.1) is 0 Å². The molecule has 0 saturated carbocycles. The third-order valence-electron chi connectivity index (χ3n) is 2.33. The van der Waals surface area contributed by atoms with Gasteiger partial charge in [-0.2, -0.15) is 21.8 Å². The first kappa shape index (κ1) is 11.2. The molecule has 2 aromatic heterocycles. The number of hydrogen-bond acceptors (Lipinski definition) is 5. The quantitative estimate of drug-likeness (QED) is 0.864. The summed E-state index contributed by atoms with van der Waals surface area (Å²) in [4.78, 5) is 4.39. The summed E-state index contributed by atoms with van der Waals surface area (Å²) >= 11 is 1.73. The standard InChI is InChI=1S/C10H14N4OS/c1-3-8(16-2)10-13-9(14-15-10)4-7-5-11-12-6-7/h5-6,8H,3-4H2,1-2H3,(H,11,12). The highest BCUT2D eigenvalue weighted by atomic mass is 32.2. The second-order valence-electron chi connectivity index (χ2n) is 3.46. The summed E-state index contributed by atoms with van der Waals surface area (Å²) in [6.07, 6.45) is 7.30. The lowest BCUT2D eigenvalue weighted by molar-refractivity contribution is 0.370. The molecule has 0 fully saturated rings. The molecule has 0 radical (unpaired) electrons. The number of nitrogens with zero attached hydrogens (tertiary/aromatic N) is 3. The van der Waals surface area contributed by atoms with E-state index in [1.54, 1.807) is 18.0 Å². The molecule has 0 aliphatic heterocycles. The Morgan fingerprint density at radius 1 is 1.56 bits per heavy atom. The lowest BCUT2D eigenvalue weighted by Crippen LogP contribution is -1.93. The van der Waals surface area contributed by atoms with Gasteiger partial charge < -0.3 is 4.52 Å². The number of aromatic amines is 1. The molecule has 86 valence electrons. The fourth-order valence-corrected chi connectivity index (χ4v) is 2.10. The molecule has 0 bridgehead atoms. The SMILES string of the molecule is CCC(SC)c1nc(Cc2cn[nH]c2)no1. The fourth-order valence-electron chi connectivity index (χ4n) is 1.47. The molecule has 1 N–H and O–H groups in total. The van der Waals surface area contributed by atoms with Crippen LogP contribution >= 0.6 is 11.8 Å². The van der Waals surface area contributed by atoms with E-state index in [2.05, 4.69) is 27.3 Å². The van der Waals surface area contributed by atoms with Gasteiger partial charge in [0, 0.05) is 12.6 Å². The maximum Gasteiger partial charge on any atom is 0.239 e. The van der Waals surface area contributed by atoms with Gasteiger partial charge in [-0.15, -0.1) is 0 Å². The summed E-state index contributed by atoms with van der Waals surface area (Å²) in [5, 5.41) is 10.9. The third kappa shape index (κ3) is 2.44. The lowest BCUT2D eigenvalue weighted by atomic mass is 10.2. The number of thioether (sulfide) groups is 1. The molecular weight excluding hydrogens is 224 g/mol. The zero-order valence-electron chi connectivity index (χ0n) is 9.30. The van der Waals surface area contributed by atoms with Crippen molar-refractivity contribution >= 4 is 11.8 Å². The molecule has 2 rings (SSSR count). The van der Waals surface area contributed by atoms with Crippen molar-refractivity contribution in [2.24, 2.45) is 0 Å². The van der Waals surface area contributed by atoms with Crippen LogP contribution in [0.15, 0.2) is 16.9 Å². The van der Waals surface area contributed by atoms with Crippen LogP contribution < -0.4 is 0 Å². The summed E-state index contributed by atoms with van der Waals surface area (Å²) in [5.41, 5.74) is 1.06. The van der Waals surface area contributed by atoms with Crippen LogP contribution in [0.1, 0.15) is 35.9 Å². The van der Waals surface area contributed by atoms with Gasteiger partial charge in [-0.3, -0.25) is 5.10 Å². The van der Waals surface area contributed by atoms with Crippen molar-refractivity contribution in [1.82, 2.24) is 20.3 Å². The summed E-state index contributed by atoms with van der Waals surface area (Å²) in [6, 6.07) is 0. The molecule has 1 unspecified atom stereocenters. The van der Waals surface area contributed by atoms with Crippen molar-refractivity contribution < 1.29 is 4.52 Å². The molecule has 5 nitrogen and oxygen atoms in total. The minimum Gasteiger partial charge on any atom is -0.338 e. The average molecular weight is 238 g/mol. The van der Waals surface area contributed by atoms with E-state index in [1.807, 2.05) is 12.5 Å². The van der Waals surface area contributed by atoms with E-state index in [0.717, 1.165) is 12.0 Å². The van der Waals surface area contributed by atoms with Gasteiger partial charge in [0.15, 0.2) is 5.82 Å². The highest BCUT2D eigenvalue weighted by Gasteiger charge is 2.16. The van der Waals surface area contributed by atoms with E-state index in [9.17, 15) is 0 Å². The van der Waals surface area contributed by atoms with Crippen molar-refractivity contribution in [3.05, 3.63) is 29.7 Å². The van der Waals surface area contributed by atoms with Crippen LogP contribution in [-0.4, -0.2) is 26.6 Å². The summed E-state index contributed by atoms with van der Waals surface area (Å²) in [5.74, 6) is 1.43. The molecule has 2 aromatic rings. The zero-order valence-corrected chi connectivity index (χ0v) is 10.1. The largest absolute Gasteiger partial charge is 0.338 e. The number of aromatic nitrogens is 4. The Labute approximate surface area is 98.0 Å². The van der Waals surface area contributed by atoms with Gasteiger partial charge in [-0.1, -0.05) is 12.1 Å². The van der Waals surface area contributed by atoms with Gasteiger partial charge in [0.2, 0.25) is 5.89 Å². The molecule has 16 heavy (non-hydrogen) atoms. The smallest absolute Gasteiger partial charge is 0.239 e. The maximum atomic E-state index is 5.24. The van der Waals surface area contributed by atoms with Gasteiger partial charge >= 0.3 is 0 Å². The Hall–Kier alpha value is -1.30. The van der Waals surface area contributed by atoms with E-state index in [0.29, 0.717) is 23.4 Å². The van der Waals surface area contributed by atoms with Crippen LogP contribution in [0.5, 0.6) is 0 Å². The first-order valence-electron chi connectivity index (χ1n) is 5.16. The Bertz CT molecular complexity index is 422. The van der Waals surface area contributed by atoms with Crippen LogP contribution in [0.25, 0.3) is 0 Å². The molecule has 0 spiro atoms. The van der Waals surface area contributed by atoms with Gasteiger partial charge in [-0.05, 0) is 18.2 Å². The number of rotatable bonds is 5. The van der Waals surface area contributed by atoms with Crippen LogP contribution in [0.3, 0.4) is 0 Å². The monoisotopic (exact) mass is 238 g/mol. The van der Waals surface area contributed by atoms with E-state index in [-0.39, 0.29) is 0 Å². The maximum absolute atomic E-state index is 5.24. The Morgan fingerprint density at radius 3 is 3.06 bits per heavy atom. The van der Waals surface area contributed by atoms with E-state index in [4.69, 9.17) is 4.52 Å². The first-order chi connectivity index (χ1) is 7.83. The molecule has 2 heterocycles. The molecular formula is C10H14N4OS. The number of hydrogen-bond donors (Lipinski definition) is 1. The average Bonchev–Trinajstić information content (AvgIpc) is 2.93. The van der Waals surface area contributed by atoms with Gasteiger partial charge in [0.1, 0.15) is 0 Å². The van der Waals surface area contributed by atoms with Gasteiger partial charge in [0.05, 0.1) is 11.4 Å². The second kappa shape index (κ2) is 5.16. The van der Waals surface area contributed by atoms with E-state index >= 15 is 0 Å². The number of H-pyrrole nitrogens is 1. The molecule has 0 amide bonds. The second-order valence-corrected chi connectivity index (χ2v) is 4.51. The normalized spacial score (nSPS) is 12.9. The first-order valence-corrected chi connectivity index (χ1v) is 6.45. The molecule has 0 aliphatic carbocycles. The minimum absolute atomic E-state index is 0.297. The van der Waals surface area contributed by atoms with Gasteiger partial charge in [0.25, 0.3) is 0 Å². The third-order valence-corrected chi connectivity index (χ3v) is 3.44. The van der Waals surface area contributed by atoms with Crippen molar-refractivity contribution in [3.63, 3.8) is 0 Å². The molecule has 6 heteroatoms. The van der Waals surface area contributed by atoms with Crippen molar-refractivity contribution in [1.29, 1.82) is 0 Å². The highest BCUT2D eigenvalue weighted by Crippen LogP contribution is 2.28. The van der Waals surface area contributed by atoms with Gasteiger partial charge in [-0.25, -0.2) is 0 Å². The number of nitrogens with one attached hydrogen (secondary N) is 1. The Kier molecular flexibility index (Phi) is 3.61. The van der Waals surface area contributed by atoms with Crippen LogP contribution in [-0.2, 0) is 6.42 Å². The minimum atomic E-state index is 0.297. The van der Waals surface area contributed by atoms with Crippen LogP contribution in [0.4, 0.5) is 0 Å². The summed E-state index contributed by atoms with van der Waals surface area (Å²) in [6.45, 7) is 2.11. The molecule has 0 saturated heterocycles. The van der Waals surface area contributed by atoms with Crippen molar-refractivity contribution in [3.8, 4) is 0 Å². The fraction of sp³-hybridized carbons (Fsp3) is 0.500. The van der Waals surface area contributed by atoms with E-state index in [1.165, 1.54) is 0 Å². The highest BCUT2D eigenvalue weighted by molar-refractivity contribution is 7.98. The Balaban J connectivity index is 2.07. The zero-order chi connectivity index (χ0) is 11.4. The topological polar surface area (TPSA) is 67.6 Å². The summed E-state index contributed by atoms with van der Waals surface area (Å²) < 4.78 is 5.24. The predicted molar refractivity (Wildman–Crippen MR) is 62.2 cm³/mol. The molecule has 0 aliphatic rings. The van der Waals surface area contributed by atoms with Crippen molar-refractivity contribution in [2.75, 3.05) is 6.26 Å². The lowest BCUT2D eigenvalue weighted by Gasteiger charge is -2.03. The van der Waals surface area contributed by atoms with Crippen molar-refractivity contribution in [2.45, 2.75) is 25.0 Å². The van der Waals surface area contributed by atoms with Crippen LogP contribution in [0.2, 0.25) is 0 Å². The molecule has 0 aromatic carbocycles. The molecule has 1 atom stereocenters.